The molecule has 1 amide bonds. The van der Waals surface area contributed by atoms with Crippen LogP contribution in [0, 0.1) is 5.92 Å². The number of pyridine rings is 1. The van der Waals surface area contributed by atoms with Gasteiger partial charge in [0.15, 0.2) is 0 Å². The minimum atomic E-state index is 0.0862. The first kappa shape index (κ1) is 20.3. The van der Waals surface area contributed by atoms with E-state index >= 15 is 0 Å². The zero-order valence-electron chi connectivity index (χ0n) is 17.2. The van der Waals surface area contributed by atoms with E-state index in [2.05, 4.69) is 25.2 Å². The van der Waals surface area contributed by atoms with Crippen LogP contribution in [0.5, 0.6) is 0 Å². The van der Waals surface area contributed by atoms with Crippen LogP contribution in [0.25, 0.3) is 10.9 Å². The third-order valence-corrected chi connectivity index (χ3v) is 5.84. The van der Waals surface area contributed by atoms with Crippen molar-refractivity contribution in [2.24, 2.45) is 5.92 Å². The smallest absolute Gasteiger partial charge is 0.225 e. The molecule has 0 atom stereocenters. The van der Waals surface area contributed by atoms with E-state index in [4.69, 9.17) is 11.6 Å². The van der Waals surface area contributed by atoms with Gasteiger partial charge in [-0.05, 0) is 30.5 Å². The van der Waals surface area contributed by atoms with Gasteiger partial charge in [-0.3, -0.25) is 4.79 Å². The summed E-state index contributed by atoms with van der Waals surface area (Å²) in [5.74, 6) is 1.72. The molecule has 0 spiro atoms. The average molecular weight is 425 g/mol. The van der Waals surface area contributed by atoms with Crippen LogP contribution in [0.1, 0.15) is 18.4 Å². The van der Waals surface area contributed by atoms with E-state index < -0.39 is 0 Å². The molecular weight excluding hydrogens is 400 g/mol. The maximum absolute atomic E-state index is 12.2. The summed E-state index contributed by atoms with van der Waals surface area (Å²) in [7, 11) is 3.63. The Hall–Kier alpha value is -2.93. The Labute approximate surface area is 181 Å². The number of piperidine rings is 1. The number of anilines is 2. The monoisotopic (exact) mass is 424 g/mol. The summed E-state index contributed by atoms with van der Waals surface area (Å²) in [6.45, 7) is 2.14. The number of aromatic nitrogens is 3. The summed E-state index contributed by atoms with van der Waals surface area (Å²) in [5.41, 5.74) is 1.83. The fourth-order valence-corrected chi connectivity index (χ4v) is 4.00. The number of carbonyl (C=O) groups excluding carboxylic acids is 1. The maximum atomic E-state index is 12.2. The Bertz CT molecular complexity index is 1050. The molecule has 1 fully saturated rings. The molecule has 1 aromatic carbocycles. The van der Waals surface area contributed by atoms with Crippen molar-refractivity contribution in [1.29, 1.82) is 0 Å². The number of nitrogens with zero attached hydrogens (tertiary/aromatic N) is 5. The third kappa shape index (κ3) is 4.31. The van der Waals surface area contributed by atoms with Crippen molar-refractivity contribution in [3.05, 3.63) is 53.3 Å². The van der Waals surface area contributed by atoms with Crippen LogP contribution in [0.3, 0.4) is 0 Å². The molecule has 1 N–H and O–H groups in total. The SMILES string of the molecule is CN(C)C(=O)C1CCN(c2nccc3nc(NCc4ccccc4Cl)ncc23)CC1. The third-order valence-electron chi connectivity index (χ3n) is 5.47. The minimum absolute atomic E-state index is 0.0862. The highest BCUT2D eigenvalue weighted by Crippen LogP contribution is 2.28. The first-order valence-electron chi connectivity index (χ1n) is 10.1. The molecule has 1 saturated heterocycles. The van der Waals surface area contributed by atoms with Gasteiger partial charge in [0.1, 0.15) is 5.82 Å². The van der Waals surface area contributed by atoms with Gasteiger partial charge in [0.05, 0.1) is 10.9 Å². The second-order valence-corrected chi connectivity index (χ2v) is 8.11. The van der Waals surface area contributed by atoms with Crippen LogP contribution in [0.15, 0.2) is 42.7 Å². The first-order valence-corrected chi connectivity index (χ1v) is 10.5. The summed E-state index contributed by atoms with van der Waals surface area (Å²) in [6.07, 6.45) is 5.25. The molecule has 0 aliphatic carbocycles. The highest BCUT2D eigenvalue weighted by Gasteiger charge is 2.27. The van der Waals surface area contributed by atoms with E-state index in [1.807, 2.05) is 50.6 Å². The van der Waals surface area contributed by atoms with E-state index in [-0.39, 0.29) is 11.8 Å². The number of halogens is 1. The zero-order chi connectivity index (χ0) is 21.1. The van der Waals surface area contributed by atoms with Crippen molar-refractivity contribution in [1.82, 2.24) is 19.9 Å². The molecule has 1 aliphatic heterocycles. The van der Waals surface area contributed by atoms with Crippen molar-refractivity contribution in [2.45, 2.75) is 19.4 Å². The van der Waals surface area contributed by atoms with E-state index in [0.717, 1.165) is 48.2 Å². The number of rotatable bonds is 5. The van der Waals surface area contributed by atoms with E-state index in [1.54, 1.807) is 11.1 Å². The Morgan fingerprint density at radius 1 is 1.20 bits per heavy atom. The fourth-order valence-electron chi connectivity index (χ4n) is 3.80. The quantitative estimate of drug-likeness (QED) is 0.674. The lowest BCUT2D eigenvalue weighted by Gasteiger charge is -2.33. The van der Waals surface area contributed by atoms with Crippen molar-refractivity contribution in [3.63, 3.8) is 0 Å². The number of nitrogens with one attached hydrogen (secondary N) is 1. The lowest BCUT2D eigenvalue weighted by Crippen LogP contribution is -2.40. The molecular formula is C22H25ClN6O. The summed E-state index contributed by atoms with van der Waals surface area (Å²) < 4.78 is 0. The number of benzene rings is 1. The van der Waals surface area contributed by atoms with Crippen LogP contribution in [-0.2, 0) is 11.3 Å². The number of fused-ring (bicyclic) bond motifs is 1. The molecule has 1 aliphatic rings. The highest BCUT2D eigenvalue weighted by atomic mass is 35.5. The van der Waals surface area contributed by atoms with Crippen LogP contribution >= 0.6 is 11.6 Å². The molecule has 7 nitrogen and oxygen atoms in total. The maximum Gasteiger partial charge on any atom is 0.225 e. The molecule has 156 valence electrons. The first-order chi connectivity index (χ1) is 14.5. The molecule has 4 rings (SSSR count). The Balaban J connectivity index is 1.48. The lowest BCUT2D eigenvalue weighted by molar-refractivity contribution is -0.133. The predicted octanol–water partition coefficient (Wildman–Crippen LogP) is 3.59. The van der Waals surface area contributed by atoms with Crippen LogP contribution < -0.4 is 10.2 Å². The number of hydrogen-bond acceptors (Lipinski definition) is 6. The number of carbonyl (C=O) groups is 1. The molecule has 3 aromatic rings. The lowest BCUT2D eigenvalue weighted by atomic mass is 9.95. The molecule has 0 radical (unpaired) electrons. The summed E-state index contributed by atoms with van der Waals surface area (Å²) in [4.78, 5) is 29.9. The van der Waals surface area contributed by atoms with Crippen molar-refractivity contribution >= 4 is 40.2 Å². The summed E-state index contributed by atoms with van der Waals surface area (Å²) in [5, 5.41) is 4.87. The minimum Gasteiger partial charge on any atom is -0.356 e. The van der Waals surface area contributed by atoms with E-state index in [1.165, 1.54) is 0 Å². The largest absolute Gasteiger partial charge is 0.356 e. The topological polar surface area (TPSA) is 74.2 Å². The zero-order valence-corrected chi connectivity index (χ0v) is 17.9. The standard InChI is InChI=1S/C22H25ClN6O/c1-28(2)21(30)15-8-11-29(12-9-15)20-17-14-26-22(27-19(17)7-10-24-20)25-13-16-5-3-4-6-18(16)23/h3-7,10,14-15H,8-9,11-13H2,1-2H3,(H,25,26,27). The predicted molar refractivity (Wildman–Crippen MR) is 120 cm³/mol. The molecule has 0 saturated carbocycles. The van der Waals surface area contributed by atoms with Gasteiger partial charge in [0, 0.05) is 57.1 Å². The van der Waals surface area contributed by atoms with Crippen LogP contribution in [0.2, 0.25) is 5.02 Å². The van der Waals surface area contributed by atoms with Gasteiger partial charge >= 0.3 is 0 Å². The van der Waals surface area contributed by atoms with Gasteiger partial charge in [-0.2, -0.15) is 0 Å². The normalized spacial score (nSPS) is 14.7. The molecule has 8 heteroatoms. The second kappa shape index (κ2) is 8.83. The van der Waals surface area contributed by atoms with Gasteiger partial charge in [-0.15, -0.1) is 0 Å². The van der Waals surface area contributed by atoms with Gasteiger partial charge in [0.2, 0.25) is 11.9 Å². The molecule has 0 unspecified atom stereocenters. The highest BCUT2D eigenvalue weighted by molar-refractivity contribution is 6.31. The van der Waals surface area contributed by atoms with Crippen molar-refractivity contribution in [2.75, 3.05) is 37.4 Å². The van der Waals surface area contributed by atoms with E-state index in [0.29, 0.717) is 17.5 Å². The molecule has 2 aromatic heterocycles. The average Bonchev–Trinajstić information content (AvgIpc) is 2.77. The Kier molecular flexibility index (Phi) is 5.99. The number of amides is 1. The molecule has 30 heavy (non-hydrogen) atoms. The van der Waals surface area contributed by atoms with Gasteiger partial charge in [-0.25, -0.2) is 15.0 Å². The second-order valence-electron chi connectivity index (χ2n) is 7.70. The van der Waals surface area contributed by atoms with Gasteiger partial charge in [0.25, 0.3) is 0 Å². The van der Waals surface area contributed by atoms with Crippen LogP contribution in [0.4, 0.5) is 11.8 Å². The van der Waals surface area contributed by atoms with Crippen LogP contribution in [-0.4, -0.2) is 52.9 Å². The Morgan fingerprint density at radius 3 is 2.70 bits per heavy atom. The van der Waals surface area contributed by atoms with Crippen molar-refractivity contribution in [3.8, 4) is 0 Å². The van der Waals surface area contributed by atoms with Crippen molar-refractivity contribution < 1.29 is 4.79 Å². The summed E-state index contributed by atoms with van der Waals surface area (Å²) >= 11 is 6.22. The fraction of sp³-hybridized carbons (Fsp3) is 0.364. The molecule has 3 heterocycles. The number of hydrogen-bond donors (Lipinski definition) is 1. The van der Waals surface area contributed by atoms with E-state index in [9.17, 15) is 4.79 Å². The Morgan fingerprint density at radius 2 is 1.97 bits per heavy atom. The van der Waals surface area contributed by atoms with Gasteiger partial charge < -0.3 is 15.1 Å². The summed E-state index contributed by atoms with van der Waals surface area (Å²) in [6, 6.07) is 9.60. The van der Waals surface area contributed by atoms with Gasteiger partial charge in [-0.1, -0.05) is 29.8 Å². The molecule has 0 bridgehead atoms.